The van der Waals surface area contributed by atoms with Gasteiger partial charge in [-0.25, -0.2) is 8.42 Å². The summed E-state index contributed by atoms with van der Waals surface area (Å²) >= 11 is 0. The Morgan fingerprint density at radius 3 is 2.53 bits per heavy atom. The average molecular weight is 615 g/mol. The van der Waals surface area contributed by atoms with E-state index < -0.39 is 32.7 Å². The third-order valence-corrected chi connectivity index (χ3v) is 10.9. The number of amides is 1. The number of aromatic nitrogens is 1. The van der Waals surface area contributed by atoms with Crippen LogP contribution in [0, 0.1) is 0 Å². The molecule has 1 N–H and O–H groups in total. The number of benzene rings is 2. The number of nitrogens with zero attached hydrogens (tertiary/aromatic N) is 3. The van der Waals surface area contributed by atoms with E-state index in [2.05, 4.69) is 28.4 Å². The molecule has 0 saturated carbocycles. The summed E-state index contributed by atoms with van der Waals surface area (Å²) in [6.07, 6.45) is 3.47. The predicted octanol–water partition coefficient (Wildman–Crippen LogP) is 5.82. The van der Waals surface area contributed by atoms with Crippen LogP contribution in [0.3, 0.4) is 0 Å². The van der Waals surface area contributed by atoms with Crippen molar-refractivity contribution in [3.63, 3.8) is 0 Å². The highest BCUT2D eigenvalue weighted by atomic mass is 32.2. The second-order valence-corrected chi connectivity index (χ2v) is 13.8. The molecule has 3 aliphatic rings. The van der Waals surface area contributed by atoms with Gasteiger partial charge in [0, 0.05) is 37.9 Å². The van der Waals surface area contributed by atoms with Crippen LogP contribution in [0.15, 0.2) is 65.7 Å². The van der Waals surface area contributed by atoms with Gasteiger partial charge < -0.3 is 9.88 Å². The van der Waals surface area contributed by atoms with Crippen LogP contribution in [0.25, 0.3) is 0 Å². The van der Waals surface area contributed by atoms with Crippen molar-refractivity contribution in [1.82, 2.24) is 19.1 Å². The van der Waals surface area contributed by atoms with Gasteiger partial charge in [-0.2, -0.15) is 17.5 Å². The number of rotatable bonds is 7. The highest BCUT2D eigenvalue weighted by molar-refractivity contribution is 7.89. The Balaban J connectivity index is 1.20. The van der Waals surface area contributed by atoms with Gasteiger partial charge in [0.2, 0.25) is 15.9 Å². The number of hydrogen-bond donors (Lipinski definition) is 1. The first-order chi connectivity index (χ1) is 20.6. The predicted molar refractivity (Wildman–Crippen MR) is 157 cm³/mol. The minimum absolute atomic E-state index is 0.0459. The normalized spacial score (nSPS) is 21.7. The van der Waals surface area contributed by atoms with Crippen molar-refractivity contribution in [1.29, 1.82) is 0 Å². The molecule has 1 aromatic heterocycles. The fourth-order valence-corrected chi connectivity index (χ4v) is 8.46. The molecule has 0 bridgehead atoms. The Hall–Kier alpha value is -3.15. The molecule has 11 heteroatoms. The van der Waals surface area contributed by atoms with Gasteiger partial charge in [0.25, 0.3) is 0 Å². The molecule has 0 spiro atoms. The fraction of sp³-hybridized carbons (Fsp3) is 0.469. The van der Waals surface area contributed by atoms with Crippen molar-refractivity contribution in [2.75, 3.05) is 19.6 Å². The van der Waals surface area contributed by atoms with E-state index >= 15 is 0 Å². The number of likely N-dealkylation sites (tertiary alicyclic amines) is 1. The number of nitrogens with one attached hydrogen (secondary N) is 1. The van der Waals surface area contributed by atoms with Gasteiger partial charge in [0.1, 0.15) is 0 Å². The van der Waals surface area contributed by atoms with Gasteiger partial charge in [-0.15, -0.1) is 0 Å². The number of carbonyl (C=O) groups is 1. The van der Waals surface area contributed by atoms with Crippen LogP contribution < -0.4 is 5.32 Å². The molecule has 1 fully saturated rings. The van der Waals surface area contributed by atoms with E-state index in [9.17, 15) is 26.4 Å². The minimum Gasteiger partial charge on any atom is -0.349 e. The Kier molecular flexibility index (Phi) is 8.41. The quantitative estimate of drug-likeness (QED) is 0.364. The Bertz CT molecular complexity index is 1580. The molecule has 0 radical (unpaired) electrons. The van der Waals surface area contributed by atoms with Gasteiger partial charge in [0.15, 0.2) is 0 Å². The van der Waals surface area contributed by atoms with Gasteiger partial charge in [0.05, 0.1) is 22.5 Å². The molecule has 3 aromatic rings. The van der Waals surface area contributed by atoms with Crippen molar-refractivity contribution in [2.24, 2.45) is 0 Å². The second kappa shape index (κ2) is 12.1. The molecule has 43 heavy (non-hydrogen) atoms. The first-order valence-electron chi connectivity index (χ1n) is 15.1. The zero-order valence-corrected chi connectivity index (χ0v) is 24.8. The zero-order chi connectivity index (χ0) is 30.2. The molecule has 1 amide bonds. The molecular weight excluding hydrogens is 577 g/mol. The Morgan fingerprint density at radius 1 is 0.930 bits per heavy atom. The molecule has 1 saturated heterocycles. The van der Waals surface area contributed by atoms with E-state index in [4.69, 9.17) is 0 Å². The summed E-state index contributed by atoms with van der Waals surface area (Å²) in [5, 5.41) is 3.16. The van der Waals surface area contributed by atoms with Crippen LogP contribution >= 0.6 is 0 Å². The van der Waals surface area contributed by atoms with Gasteiger partial charge in [-0.3, -0.25) is 9.69 Å². The maximum atomic E-state index is 13.7. The monoisotopic (exact) mass is 614 g/mol. The number of hydrogen-bond acceptors (Lipinski definition) is 4. The number of fused-ring (bicyclic) bond motifs is 2. The number of halogens is 3. The van der Waals surface area contributed by atoms with E-state index in [1.165, 1.54) is 40.8 Å². The third kappa shape index (κ3) is 6.39. The molecule has 1 aliphatic carbocycles. The van der Waals surface area contributed by atoms with Crippen LogP contribution in [0.5, 0.6) is 0 Å². The number of carbonyl (C=O) groups excluding carboxylic acids is 1. The lowest BCUT2D eigenvalue weighted by molar-refractivity contribution is -0.137. The maximum Gasteiger partial charge on any atom is 0.416 e. The standard InChI is InChI=1S/C32H37F3N4O3S/c33-32(34,35)25-8-5-9-26(20-25)43(41,42)39-18-17-38-16-6-11-29(38)30(39)21-31(40)36-28-10-4-7-24-19-23(12-13-27(24)28)22-37-14-2-1-3-15-37/h5-6,8-9,11-13,16,19-20,28,30H,1-4,7,10,14-15,17-18,21-22H2,(H,36,40). The van der Waals surface area contributed by atoms with Gasteiger partial charge in [-0.1, -0.05) is 30.7 Å². The van der Waals surface area contributed by atoms with E-state index in [0.29, 0.717) is 18.3 Å². The molecule has 2 aromatic carbocycles. The van der Waals surface area contributed by atoms with E-state index in [-0.39, 0.29) is 24.9 Å². The minimum atomic E-state index is -4.67. The van der Waals surface area contributed by atoms with E-state index in [1.54, 1.807) is 12.1 Å². The van der Waals surface area contributed by atoms with Crippen molar-refractivity contribution >= 4 is 15.9 Å². The lowest BCUT2D eigenvalue weighted by atomic mass is 9.86. The largest absolute Gasteiger partial charge is 0.416 e. The third-order valence-electron chi connectivity index (χ3n) is 8.97. The smallest absolute Gasteiger partial charge is 0.349 e. The van der Waals surface area contributed by atoms with E-state index in [1.807, 2.05) is 10.8 Å². The molecule has 2 atom stereocenters. The molecule has 6 rings (SSSR count). The number of aryl methyl sites for hydroxylation is 1. The van der Waals surface area contributed by atoms with Crippen LogP contribution in [0.2, 0.25) is 0 Å². The summed E-state index contributed by atoms with van der Waals surface area (Å²) in [6.45, 7) is 3.57. The van der Waals surface area contributed by atoms with Crippen LogP contribution in [-0.2, 0) is 40.5 Å². The molecule has 2 unspecified atom stereocenters. The van der Waals surface area contributed by atoms with Crippen molar-refractivity contribution in [2.45, 2.75) is 81.2 Å². The first kappa shape index (κ1) is 29.9. The molecule has 7 nitrogen and oxygen atoms in total. The molecule has 230 valence electrons. The summed E-state index contributed by atoms with van der Waals surface area (Å²) in [5.74, 6) is -0.292. The zero-order valence-electron chi connectivity index (χ0n) is 24.0. The summed E-state index contributed by atoms with van der Waals surface area (Å²) in [5.41, 5.74) is 3.24. The van der Waals surface area contributed by atoms with E-state index in [0.717, 1.165) is 56.6 Å². The molecule has 2 aliphatic heterocycles. The van der Waals surface area contributed by atoms with Crippen LogP contribution in [-0.4, -0.2) is 47.7 Å². The first-order valence-corrected chi connectivity index (χ1v) is 16.5. The topological polar surface area (TPSA) is 74.6 Å². The SMILES string of the molecule is O=C(CC1c2cccn2CCN1S(=O)(=O)c1cccc(C(F)(F)F)c1)NC1CCCc2cc(CN3CCCCC3)ccc21. The number of sulfonamides is 1. The van der Waals surface area contributed by atoms with Crippen molar-refractivity contribution in [3.8, 4) is 0 Å². The maximum absolute atomic E-state index is 13.7. The summed E-state index contributed by atoms with van der Waals surface area (Å²) in [6, 6.07) is 12.9. The second-order valence-electron chi connectivity index (χ2n) is 11.9. The van der Waals surface area contributed by atoms with Crippen molar-refractivity contribution < 1.29 is 26.4 Å². The summed E-state index contributed by atoms with van der Waals surface area (Å²) in [4.78, 5) is 15.6. The highest BCUT2D eigenvalue weighted by Gasteiger charge is 2.39. The van der Waals surface area contributed by atoms with Crippen LogP contribution in [0.4, 0.5) is 13.2 Å². The lowest BCUT2D eigenvalue weighted by Crippen LogP contribution is -2.44. The highest BCUT2D eigenvalue weighted by Crippen LogP contribution is 2.37. The Morgan fingerprint density at radius 2 is 1.74 bits per heavy atom. The van der Waals surface area contributed by atoms with Crippen molar-refractivity contribution in [3.05, 3.63) is 88.7 Å². The number of piperidine rings is 1. The van der Waals surface area contributed by atoms with Gasteiger partial charge >= 0.3 is 6.18 Å². The average Bonchev–Trinajstić information content (AvgIpc) is 3.47. The number of alkyl halides is 3. The Labute approximate surface area is 250 Å². The fourth-order valence-electron chi connectivity index (χ4n) is 6.83. The van der Waals surface area contributed by atoms with Crippen LogP contribution in [0.1, 0.15) is 78.6 Å². The molecule has 3 heterocycles. The molecular formula is C32H37F3N4O3S. The lowest BCUT2D eigenvalue weighted by Gasteiger charge is -2.36. The summed E-state index contributed by atoms with van der Waals surface area (Å²) in [7, 11) is -4.32. The summed E-state index contributed by atoms with van der Waals surface area (Å²) < 4.78 is 70.7. The van der Waals surface area contributed by atoms with Gasteiger partial charge in [-0.05, 0) is 92.2 Å².